The Morgan fingerprint density at radius 2 is 1.50 bits per heavy atom. The number of hydrogen-bond acceptors (Lipinski definition) is 5. The molecule has 0 aromatic rings. The van der Waals surface area contributed by atoms with E-state index in [2.05, 4.69) is 4.40 Å². The molecule has 0 atom stereocenters. The number of sulfonamides is 1. The predicted octanol–water partition coefficient (Wildman–Crippen LogP) is 1.37. The van der Waals surface area contributed by atoms with Gasteiger partial charge in [-0.05, 0) is 68.4 Å². The lowest BCUT2D eigenvalue weighted by atomic mass is 9.49. The van der Waals surface area contributed by atoms with E-state index in [4.69, 9.17) is 0 Å². The standard InChI is InChI=1S/C23H30N4O4S/c28-21(19-2-1-3-25-8-9-32(30,31)24-20(19)25)26-4-6-27(7-5-26)22(29)23-13-16-10-17(14-23)12-18(11-16)15-23/h1-3,16-18H,4-15H2. The molecule has 7 aliphatic rings. The van der Waals surface area contributed by atoms with Crippen molar-refractivity contribution in [2.75, 3.05) is 38.5 Å². The highest BCUT2D eigenvalue weighted by atomic mass is 32.2. The fourth-order valence-corrected chi connectivity index (χ4v) is 8.36. The number of rotatable bonds is 2. The molecule has 0 aromatic heterocycles. The number of nitrogens with zero attached hydrogens (tertiary/aromatic N) is 4. The van der Waals surface area contributed by atoms with Gasteiger partial charge < -0.3 is 14.7 Å². The molecule has 0 radical (unpaired) electrons. The summed E-state index contributed by atoms with van der Waals surface area (Å²) in [5, 5.41) is 0. The molecule has 8 nitrogen and oxygen atoms in total. The monoisotopic (exact) mass is 458 g/mol. The van der Waals surface area contributed by atoms with E-state index in [1.165, 1.54) is 19.3 Å². The minimum absolute atomic E-state index is 0.0482. The summed E-state index contributed by atoms with van der Waals surface area (Å²) in [4.78, 5) is 32.3. The Kier molecular flexibility index (Phi) is 4.58. The van der Waals surface area contributed by atoms with E-state index < -0.39 is 10.0 Å². The van der Waals surface area contributed by atoms with Crippen molar-refractivity contribution in [3.63, 3.8) is 0 Å². The quantitative estimate of drug-likeness (QED) is 0.624. The zero-order valence-corrected chi connectivity index (χ0v) is 19.1. The number of amides is 2. The molecule has 9 heteroatoms. The second kappa shape index (κ2) is 7.17. The minimum atomic E-state index is -3.54. The number of allylic oxidation sites excluding steroid dienone is 2. The van der Waals surface area contributed by atoms with E-state index in [-0.39, 0.29) is 22.9 Å². The number of amidine groups is 1. The Morgan fingerprint density at radius 1 is 0.906 bits per heavy atom. The van der Waals surface area contributed by atoms with E-state index in [0.29, 0.717) is 44.2 Å². The molecular formula is C23H30N4O4S. The second-order valence-electron chi connectivity index (χ2n) is 10.6. The van der Waals surface area contributed by atoms with Crippen molar-refractivity contribution in [2.45, 2.75) is 38.5 Å². The molecule has 32 heavy (non-hydrogen) atoms. The summed E-state index contributed by atoms with van der Waals surface area (Å²) in [6.07, 6.45) is 12.3. The summed E-state index contributed by atoms with van der Waals surface area (Å²) in [6, 6.07) is 0. The number of fused-ring (bicyclic) bond motifs is 1. The molecule has 0 unspecified atom stereocenters. The third kappa shape index (κ3) is 3.31. The van der Waals surface area contributed by atoms with Crippen LogP contribution in [-0.4, -0.2) is 79.2 Å². The van der Waals surface area contributed by atoms with E-state index in [1.807, 2.05) is 4.90 Å². The number of carbonyl (C=O) groups is 2. The van der Waals surface area contributed by atoms with Crippen LogP contribution in [0.2, 0.25) is 0 Å². The van der Waals surface area contributed by atoms with E-state index in [0.717, 1.165) is 37.0 Å². The Balaban J connectivity index is 1.14. The van der Waals surface area contributed by atoms with Gasteiger partial charge >= 0.3 is 0 Å². The van der Waals surface area contributed by atoms with Gasteiger partial charge in [-0.25, -0.2) is 8.42 Å². The SMILES string of the molecule is O=C(C1=CC=CN2CCS(=O)(=O)N=C12)N1CCN(C(=O)C23CC4CC(CC(C4)C2)C3)CC1. The zero-order valence-electron chi connectivity index (χ0n) is 18.3. The zero-order chi connectivity index (χ0) is 22.1. The van der Waals surface area contributed by atoms with Crippen LogP contribution in [0, 0.1) is 23.2 Å². The van der Waals surface area contributed by atoms with Gasteiger partial charge in [-0.15, -0.1) is 4.40 Å². The first-order valence-electron chi connectivity index (χ1n) is 11.9. The maximum absolute atomic E-state index is 13.6. The van der Waals surface area contributed by atoms with Gasteiger partial charge in [-0.2, -0.15) is 0 Å². The van der Waals surface area contributed by atoms with Crippen LogP contribution in [-0.2, 0) is 19.6 Å². The van der Waals surface area contributed by atoms with Crippen molar-refractivity contribution in [1.29, 1.82) is 0 Å². The fourth-order valence-electron chi connectivity index (χ4n) is 7.37. The molecule has 1 saturated heterocycles. The Labute approximate surface area is 189 Å². The maximum Gasteiger partial charge on any atom is 0.257 e. The number of piperazine rings is 1. The van der Waals surface area contributed by atoms with Gasteiger partial charge in [0.25, 0.3) is 15.9 Å². The largest absolute Gasteiger partial charge is 0.339 e. The van der Waals surface area contributed by atoms with Crippen LogP contribution in [0.15, 0.2) is 28.3 Å². The van der Waals surface area contributed by atoms with Gasteiger partial charge in [0.1, 0.15) is 0 Å². The first-order chi connectivity index (χ1) is 15.3. The minimum Gasteiger partial charge on any atom is -0.339 e. The van der Waals surface area contributed by atoms with E-state index in [1.54, 1.807) is 28.2 Å². The Bertz CT molecular complexity index is 1020. The van der Waals surface area contributed by atoms with Crippen LogP contribution in [0.25, 0.3) is 0 Å². The van der Waals surface area contributed by atoms with E-state index in [9.17, 15) is 18.0 Å². The molecule has 3 aliphatic heterocycles. The topological polar surface area (TPSA) is 90.4 Å². The first kappa shape index (κ1) is 20.4. The summed E-state index contributed by atoms with van der Waals surface area (Å²) in [6.45, 7) is 2.33. The van der Waals surface area contributed by atoms with Crippen LogP contribution < -0.4 is 0 Å². The number of carbonyl (C=O) groups excluding carboxylic acids is 2. The van der Waals surface area contributed by atoms with E-state index >= 15 is 0 Å². The van der Waals surface area contributed by atoms with Gasteiger partial charge in [0.2, 0.25) is 5.91 Å². The first-order valence-corrected chi connectivity index (χ1v) is 13.5. The molecule has 4 aliphatic carbocycles. The average molecular weight is 459 g/mol. The van der Waals surface area contributed by atoms with Crippen molar-refractivity contribution >= 4 is 27.7 Å². The second-order valence-corrected chi connectivity index (χ2v) is 12.4. The predicted molar refractivity (Wildman–Crippen MR) is 119 cm³/mol. The lowest BCUT2D eigenvalue weighted by Gasteiger charge is -2.57. The molecular weight excluding hydrogens is 428 g/mol. The van der Waals surface area contributed by atoms with Crippen LogP contribution in [0.4, 0.5) is 0 Å². The molecule has 4 saturated carbocycles. The summed E-state index contributed by atoms with van der Waals surface area (Å²) in [5.41, 5.74) is 0.167. The molecule has 5 fully saturated rings. The lowest BCUT2D eigenvalue weighted by molar-refractivity contribution is -0.160. The molecule has 7 rings (SSSR count). The molecule has 4 bridgehead atoms. The molecule has 2 amide bonds. The third-order valence-electron chi connectivity index (χ3n) is 8.43. The van der Waals surface area contributed by atoms with Crippen LogP contribution in [0.1, 0.15) is 38.5 Å². The van der Waals surface area contributed by atoms with Crippen LogP contribution in [0.3, 0.4) is 0 Å². The van der Waals surface area contributed by atoms with Crippen molar-refractivity contribution in [2.24, 2.45) is 27.6 Å². The summed E-state index contributed by atoms with van der Waals surface area (Å²) >= 11 is 0. The van der Waals surface area contributed by atoms with Crippen LogP contribution in [0.5, 0.6) is 0 Å². The smallest absolute Gasteiger partial charge is 0.257 e. The molecule has 0 aromatic carbocycles. The third-order valence-corrected chi connectivity index (χ3v) is 9.58. The Morgan fingerprint density at radius 3 is 2.12 bits per heavy atom. The normalized spacial score (nSPS) is 37.1. The number of hydrogen-bond donors (Lipinski definition) is 0. The summed E-state index contributed by atoms with van der Waals surface area (Å²) in [5.74, 6) is 2.47. The highest BCUT2D eigenvalue weighted by Crippen LogP contribution is 2.60. The van der Waals surface area contributed by atoms with Crippen molar-refractivity contribution in [3.05, 3.63) is 23.9 Å². The van der Waals surface area contributed by atoms with Gasteiger partial charge in [0.15, 0.2) is 5.84 Å². The average Bonchev–Trinajstić information content (AvgIpc) is 2.76. The van der Waals surface area contributed by atoms with Gasteiger partial charge in [0.05, 0.1) is 16.7 Å². The fraction of sp³-hybridized carbons (Fsp3) is 0.696. The molecule has 0 spiro atoms. The maximum atomic E-state index is 13.6. The Hall–Kier alpha value is -2.16. The molecule has 0 N–H and O–H groups in total. The lowest BCUT2D eigenvalue weighted by Crippen LogP contribution is -2.59. The van der Waals surface area contributed by atoms with Crippen molar-refractivity contribution in [1.82, 2.24) is 14.7 Å². The van der Waals surface area contributed by atoms with Gasteiger partial charge in [-0.1, -0.05) is 0 Å². The highest BCUT2D eigenvalue weighted by molar-refractivity contribution is 7.90. The highest BCUT2D eigenvalue weighted by Gasteiger charge is 2.55. The summed E-state index contributed by atoms with van der Waals surface area (Å²) in [7, 11) is -3.54. The van der Waals surface area contributed by atoms with Crippen LogP contribution >= 0.6 is 0 Å². The van der Waals surface area contributed by atoms with Gasteiger partial charge in [0, 0.05) is 38.9 Å². The van der Waals surface area contributed by atoms with Crippen molar-refractivity contribution < 1.29 is 18.0 Å². The van der Waals surface area contributed by atoms with Gasteiger partial charge in [-0.3, -0.25) is 9.59 Å². The summed E-state index contributed by atoms with van der Waals surface area (Å²) < 4.78 is 27.9. The molecule has 172 valence electrons. The molecule has 3 heterocycles. The van der Waals surface area contributed by atoms with Crippen molar-refractivity contribution in [3.8, 4) is 0 Å².